The number of nitrogens with one attached hydrogen (secondary N) is 2. The van der Waals surface area contributed by atoms with Crippen molar-refractivity contribution in [1.29, 1.82) is 0 Å². The lowest BCUT2D eigenvalue weighted by Crippen LogP contribution is -2.33. The molecule has 0 amide bonds. The van der Waals surface area contributed by atoms with E-state index in [4.69, 9.17) is 0 Å². The zero-order valence-electron chi connectivity index (χ0n) is 10.1. The van der Waals surface area contributed by atoms with E-state index in [2.05, 4.69) is 38.3 Å². The molecule has 3 unspecified atom stereocenters. The molecule has 0 saturated carbocycles. The first-order chi connectivity index (χ1) is 6.61. The average Bonchev–Trinajstić information content (AvgIpc) is 2.51. The summed E-state index contributed by atoms with van der Waals surface area (Å²) in [4.78, 5) is 0. The molecule has 3 atom stereocenters. The highest BCUT2D eigenvalue weighted by molar-refractivity contribution is 4.81. The summed E-state index contributed by atoms with van der Waals surface area (Å²) >= 11 is 0. The molecule has 0 aromatic carbocycles. The Kier molecular flexibility index (Phi) is 4.90. The molecular weight excluding hydrogens is 172 g/mol. The second kappa shape index (κ2) is 5.72. The highest BCUT2D eigenvalue weighted by Crippen LogP contribution is 2.14. The van der Waals surface area contributed by atoms with Gasteiger partial charge in [-0.05, 0) is 50.7 Å². The summed E-state index contributed by atoms with van der Waals surface area (Å²) in [5.41, 5.74) is 0. The van der Waals surface area contributed by atoms with Crippen LogP contribution in [0.5, 0.6) is 0 Å². The van der Waals surface area contributed by atoms with E-state index < -0.39 is 0 Å². The van der Waals surface area contributed by atoms with E-state index in [0.717, 1.165) is 17.8 Å². The summed E-state index contributed by atoms with van der Waals surface area (Å²) in [6.07, 6.45) is 1.34. The largest absolute Gasteiger partial charge is 0.316 e. The van der Waals surface area contributed by atoms with Crippen LogP contribution in [0.25, 0.3) is 0 Å². The first kappa shape index (κ1) is 12.0. The van der Waals surface area contributed by atoms with Crippen molar-refractivity contribution in [2.45, 2.75) is 40.2 Å². The highest BCUT2D eigenvalue weighted by Gasteiger charge is 2.22. The molecule has 2 nitrogen and oxygen atoms in total. The predicted octanol–water partition coefficient (Wildman–Crippen LogP) is 1.87. The van der Waals surface area contributed by atoms with Crippen molar-refractivity contribution in [1.82, 2.24) is 10.6 Å². The molecule has 1 fully saturated rings. The quantitative estimate of drug-likeness (QED) is 0.704. The Balaban J connectivity index is 2.09. The molecule has 0 aromatic rings. The van der Waals surface area contributed by atoms with E-state index in [1.54, 1.807) is 0 Å². The van der Waals surface area contributed by atoms with Gasteiger partial charge in [-0.2, -0.15) is 0 Å². The van der Waals surface area contributed by atoms with Crippen LogP contribution in [0, 0.1) is 17.8 Å². The zero-order chi connectivity index (χ0) is 10.6. The minimum atomic E-state index is 0.705. The van der Waals surface area contributed by atoms with Crippen LogP contribution in [0.3, 0.4) is 0 Å². The summed E-state index contributed by atoms with van der Waals surface area (Å²) in [5.74, 6) is 2.43. The van der Waals surface area contributed by atoms with Gasteiger partial charge < -0.3 is 10.6 Å². The van der Waals surface area contributed by atoms with Gasteiger partial charge in [-0.15, -0.1) is 0 Å². The highest BCUT2D eigenvalue weighted by atomic mass is 15.0. The molecule has 1 saturated heterocycles. The van der Waals surface area contributed by atoms with Crippen LogP contribution in [-0.2, 0) is 0 Å². The van der Waals surface area contributed by atoms with E-state index in [1.165, 1.54) is 26.1 Å². The lowest BCUT2D eigenvalue weighted by atomic mass is 9.97. The monoisotopic (exact) mass is 198 g/mol. The number of rotatable bonds is 5. The summed E-state index contributed by atoms with van der Waals surface area (Å²) in [6, 6.07) is 0.705. The van der Waals surface area contributed by atoms with Gasteiger partial charge in [-0.3, -0.25) is 0 Å². The smallest absolute Gasteiger partial charge is 0.00795 e. The minimum absolute atomic E-state index is 0.705. The van der Waals surface area contributed by atoms with Crippen molar-refractivity contribution < 1.29 is 0 Å². The summed E-state index contributed by atoms with van der Waals surface area (Å²) in [6.45, 7) is 12.8. The van der Waals surface area contributed by atoms with E-state index in [1.807, 2.05) is 0 Å². The second-order valence-electron chi connectivity index (χ2n) is 5.17. The van der Waals surface area contributed by atoms with Crippen molar-refractivity contribution in [2.75, 3.05) is 19.6 Å². The van der Waals surface area contributed by atoms with Gasteiger partial charge in [-0.25, -0.2) is 0 Å². The lowest BCUT2D eigenvalue weighted by molar-refractivity contribution is 0.364. The SMILES string of the molecule is CC(C)C(C)CNCC1CCNC1C. The van der Waals surface area contributed by atoms with Gasteiger partial charge >= 0.3 is 0 Å². The lowest BCUT2D eigenvalue weighted by Gasteiger charge is -2.20. The van der Waals surface area contributed by atoms with Crippen LogP contribution in [0.4, 0.5) is 0 Å². The van der Waals surface area contributed by atoms with Crippen LogP contribution < -0.4 is 10.6 Å². The molecule has 1 rings (SSSR count). The van der Waals surface area contributed by atoms with Gasteiger partial charge in [0.1, 0.15) is 0 Å². The number of hydrogen-bond acceptors (Lipinski definition) is 2. The fourth-order valence-corrected chi connectivity index (χ4v) is 1.92. The van der Waals surface area contributed by atoms with E-state index in [0.29, 0.717) is 6.04 Å². The normalized spacial score (nSPS) is 29.8. The molecule has 14 heavy (non-hydrogen) atoms. The summed E-state index contributed by atoms with van der Waals surface area (Å²) in [7, 11) is 0. The Morgan fingerprint density at radius 3 is 2.57 bits per heavy atom. The molecule has 0 bridgehead atoms. The molecule has 0 radical (unpaired) electrons. The van der Waals surface area contributed by atoms with Crippen molar-refractivity contribution >= 4 is 0 Å². The van der Waals surface area contributed by atoms with Gasteiger partial charge in [0, 0.05) is 6.04 Å². The van der Waals surface area contributed by atoms with E-state index >= 15 is 0 Å². The zero-order valence-corrected chi connectivity index (χ0v) is 10.1. The van der Waals surface area contributed by atoms with Crippen LogP contribution in [0.15, 0.2) is 0 Å². The van der Waals surface area contributed by atoms with Gasteiger partial charge in [0.15, 0.2) is 0 Å². The third-order valence-electron chi connectivity index (χ3n) is 3.70. The molecule has 0 spiro atoms. The van der Waals surface area contributed by atoms with Crippen LogP contribution in [0.1, 0.15) is 34.1 Å². The van der Waals surface area contributed by atoms with Gasteiger partial charge in [0.25, 0.3) is 0 Å². The molecule has 1 aliphatic heterocycles. The minimum Gasteiger partial charge on any atom is -0.316 e. The van der Waals surface area contributed by atoms with Crippen LogP contribution in [-0.4, -0.2) is 25.7 Å². The second-order valence-corrected chi connectivity index (χ2v) is 5.17. The fraction of sp³-hybridized carbons (Fsp3) is 1.00. The Morgan fingerprint density at radius 2 is 2.07 bits per heavy atom. The van der Waals surface area contributed by atoms with Gasteiger partial charge in [0.2, 0.25) is 0 Å². The molecule has 84 valence electrons. The van der Waals surface area contributed by atoms with E-state index in [-0.39, 0.29) is 0 Å². The Hall–Kier alpha value is -0.0800. The Bertz CT molecular complexity index is 156. The average molecular weight is 198 g/mol. The standard InChI is InChI=1S/C12H26N2/c1-9(2)10(3)7-13-8-12-5-6-14-11(12)4/h9-14H,5-8H2,1-4H3. The third-order valence-corrected chi connectivity index (χ3v) is 3.70. The molecule has 0 aromatic heterocycles. The molecule has 1 aliphatic rings. The Labute approximate surface area is 88.8 Å². The maximum absolute atomic E-state index is 3.60. The maximum atomic E-state index is 3.60. The summed E-state index contributed by atoms with van der Waals surface area (Å²) in [5, 5.41) is 7.09. The van der Waals surface area contributed by atoms with E-state index in [9.17, 15) is 0 Å². The van der Waals surface area contributed by atoms with Crippen molar-refractivity contribution in [2.24, 2.45) is 17.8 Å². The van der Waals surface area contributed by atoms with Gasteiger partial charge in [-0.1, -0.05) is 20.8 Å². The van der Waals surface area contributed by atoms with Crippen molar-refractivity contribution in [3.63, 3.8) is 0 Å². The molecule has 2 heteroatoms. The molecule has 0 aliphatic carbocycles. The molecule has 2 N–H and O–H groups in total. The van der Waals surface area contributed by atoms with Crippen LogP contribution >= 0.6 is 0 Å². The van der Waals surface area contributed by atoms with Crippen molar-refractivity contribution in [3.05, 3.63) is 0 Å². The number of hydrogen-bond donors (Lipinski definition) is 2. The maximum Gasteiger partial charge on any atom is 0.00795 e. The summed E-state index contributed by atoms with van der Waals surface area (Å²) < 4.78 is 0. The first-order valence-electron chi connectivity index (χ1n) is 6.05. The third kappa shape index (κ3) is 3.58. The molecular formula is C12H26N2. The van der Waals surface area contributed by atoms with Crippen molar-refractivity contribution in [3.8, 4) is 0 Å². The molecule has 1 heterocycles. The topological polar surface area (TPSA) is 24.1 Å². The van der Waals surface area contributed by atoms with Gasteiger partial charge in [0.05, 0.1) is 0 Å². The fourth-order valence-electron chi connectivity index (χ4n) is 1.92. The van der Waals surface area contributed by atoms with Crippen LogP contribution in [0.2, 0.25) is 0 Å². The Morgan fingerprint density at radius 1 is 1.36 bits per heavy atom. The predicted molar refractivity (Wildman–Crippen MR) is 62.4 cm³/mol. The first-order valence-corrected chi connectivity index (χ1v) is 6.05.